The number of nitrogens with one attached hydrogen (secondary N) is 1. The summed E-state index contributed by atoms with van der Waals surface area (Å²) >= 11 is 0. The largest absolute Gasteiger partial charge is 0.488 e. The first-order valence-electron chi connectivity index (χ1n) is 6.91. The van der Waals surface area contributed by atoms with Crippen molar-refractivity contribution < 1.29 is 14.8 Å². The maximum Gasteiger partial charge on any atom is 0.488 e. The van der Waals surface area contributed by atoms with Crippen LogP contribution in [0.25, 0.3) is 0 Å². The highest BCUT2D eigenvalue weighted by atomic mass is 16.4. The number of hydrogen-bond donors (Lipinski definition) is 3. The molecular weight excluding hydrogens is 241 g/mol. The first-order chi connectivity index (χ1) is 9.16. The van der Waals surface area contributed by atoms with E-state index in [0.29, 0.717) is 16.9 Å². The van der Waals surface area contributed by atoms with Crippen molar-refractivity contribution in [2.75, 3.05) is 6.54 Å². The van der Waals surface area contributed by atoms with Gasteiger partial charge in [0.15, 0.2) is 0 Å². The Balaban J connectivity index is 1.85. The van der Waals surface area contributed by atoms with Crippen molar-refractivity contribution in [3.63, 3.8) is 0 Å². The molecule has 0 saturated heterocycles. The molecule has 19 heavy (non-hydrogen) atoms. The Morgan fingerprint density at radius 1 is 1.16 bits per heavy atom. The number of rotatable bonds is 4. The molecule has 0 aliphatic heterocycles. The Labute approximate surface area is 114 Å². The van der Waals surface area contributed by atoms with E-state index < -0.39 is 7.12 Å². The molecule has 1 aliphatic rings. The highest BCUT2D eigenvalue weighted by Crippen LogP contribution is 2.22. The van der Waals surface area contributed by atoms with Crippen molar-refractivity contribution in [2.45, 2.75) is 32.1 Å². The molecule has 0 bridgehead atoms. The summed E-state index contributed by atoms with van der Waals surface area (Å²) in [6, 6.07) is 6.34. The predicted molar refractivity (Wildman–Crippen MR) is 75.2 cm³/mol. The molecule has 4 nitrogen and oxygen atoms in total. The normalized spacial score (nSPS) is 16.1. The molecule has 0 spiro atoms. The zero-order chi connectivity index (χ0) is 13.7. The molecule has 3 N–H and O–H groups in total. The van der Waals surface area contributed by atoms with E-state index in [1.807, 2.05) is 0 Å². The minimum absolute atomic E-state index is 0.0930. The summed E-state index contributed by atoms with van der Waals surface area (Å²) in [5.41, 5.74) is 0.948. The van der Waals surface area contributed by atoms with Gasteiger partial charge in [-0.2, -0.15) is 0 Å². The van der Waals surface area contributed by atoms with Gasteiger partial charge in [0.05, 0.1) is 0 Å². The van der Waals surface area contributed by atoms with Gasteiger partial charge >= 0.3 is 7.12 Å². The smallest absolute Gasteiger partial charge is 0.423 e. The molecule has 0 atom stereocenters. The molecule has 0 aromatic heterocycles. The molecule has 2 rings (SSSR count). The molecule has 1 aromatic carbocycles. The Hall–Kier alpha value is -1.33. The van der Waals surface area contributed by atoms with Crippen LogP contribution in [0.15, 0.2) is 24.3 Å². The van der Waals surface area contributed by atoms with E-state index in [0.717, 1.165) is 6.54 Å². The Bertz CT molecular complexity index is 413. The summed E-state index contributed by atoms with van der Waals surface area (Å²) < 4.78 is 0. The van der Waals surface area contributed by atoms with Crippen molar-refractivity contribution in [3.05, 3.63) is 29.8 Å². The van der Waals surface area contributed by atoms with E-state index in [2.05, 4.69) is 5.32 Å². The van der Waals surface area contributed by atoms with Crippen molar-refractivity contribution in [2.24, 2.45) is 5.92 Å². The number of benzene rings is 1. The zero-order valence-corrected chi connectivity index (χ0v) is 11.0. The van der Waals surface area contributed by atoms with Gasteiger partial charge in [-0.15, -0.1) is 0 Å². The van der Waals surface area contributed by atoms with Crippen molar-refractivity contribution in [3.8, 4) is 0 Å². The fourth-order valence-corrected chi connectivity index (χ4v) is 2.54. The Kier molecular flexibility index (Phi) is 4.99. The lowest BCUT2D eigenvalue weighted by Gasteiger charge is -2.21. The van der Waals surface area contributed by atoms with Crippen LogP contribution >= 0.6 is 0 Å². The molecule has 1 fully saturated rings. The summed E-state index contributed by atoms with van der Waals surface area (Å²) in [5, 5.41) is 20.9. The minimum Gasteiger partial charge on any atom is -0.423 e. The number of carbonyl (C=O) groups is 1. The highest BCUT2D eigenvalue weighted by Gasteiger charge is 2.15. The number of amides is 1. The van der Waals surface area contributed by atoms with E-state index in [4.69, 9.17) is 10.0 Å². The fourth-order valence-electron chi connectivity index (χ4n) is 2.54. The highest BCUT2D eigenvalue weighted by molar-refractivity contribution is 6.58. The average molecular weight is 261 g/mol. The first-order valence-corrected chi connectivity index (χ1v) is 6.91. The van der Waals surface area contributed by atoms with Gasteiger partial charge < -0.3 is 15.4 Å². The topological polar surface area (TPSA) is 69.6 Å². The number of hydrogen-bond acceptors (Lipinski definition) is 3. The van der Waals surface area contributed by atoms with Gasteiger partial charge in [-0.1, -0.05) is 31.4 Å². The average Bonchev–Trinajstić information content (AvgIpc) is 2.46. The fraction of sp³-hybridized carbons (Fsp3) is 0.500. The van der Waals surface area contributed by atoms with Crippen LogP contribution in [0.1, 0.15) is 42.5 Å². The third-order valence-electron chi connectivity index (χ3n) is 3.75. The molecule has 0 unspecified atom stereocenters. The summed E-state index contributed by atoms with van der Waals surface area (Å²) in [4.78, 5) is 11.9. The second-order valence-corrected chi connectivity index (χ2v) is 5.21. The molecule has 1 aromatic rings. The summed E-state index contributed by atoms with van der Waals surface area (Å²) in [5.74, 6) is 0.515. The minimum atomic E-state index is -1.49. The van der Waals surface area contributed by atoms with E-state index in [-0.39, 0.29) is 5.91 Å². The van der Waals surface area contributed by atoms with Crippen LogP contribution in [0.4, 0.5) is 0 Å². The maximum atomic E-state index is 11.9. The van der Waals surface area contributed by atoms with Gasteiger partial charge in [0.2, 0.25) is 0 Å². The van der Waals surface area contributed by atoms with Crippen LogP contribution in [0.3, 0.4) is 0 Å². The number of carbonyl (C=O) groups excluding carboxylic acids is 1. The van der Waals surface area contributed by atoms with Crippen molar-refractivity contribution in [1.29, 1.82) is 0 Å². The van der Waals surface area contributed by atoms with Crippen LogP contribution in [-0.2, 0) is 0 Å². The van der Waals surface area contributed by atoms with Gasteiger partial charge in [-0.25, -0.2) is 0 Å². The zero-order valence-electron chi connectivity index (χ0n) is 11.0. The van der Waals surface area contributed by atoms with Crippen LogP contribution in [-0.4, -0.2) is 29.6 Å². The standard InChI is InChI=1S/C14H20BNO3/c17-14(16-10-11-4-2-1-3-5-11)12-6-8-13(9-7-12)15(18)19/h6-9,11,18-19H,1-5,10H2,(H,16,17). The molecule has 1 aliphatic carbocycles. The molecule has 1 saturated carbocycles. The van der Waals surface area contributed by atoms with Gasteiger partial charge in [0.25, 0.3) is 5.91 Å². The van der Waals surface area contributed by atoms with Crippen molar-refractivity contribution in [1.82, 2.24) is 5.32 Å². The third-order valence-corrected chi connectivity index (χ3v) is 3.75. The second kappa shape index (κ2) is 6.73. The Morgan fingerprint density at radius 2 is 1.79 bits per heavy atom. The van der Waals surface area contributed by atoms with E-state index in [9.17, 15) is 4.79 Å². The SMILES string of the molecule is O=C(NCC1CCCCC1)c1ccc(B(O)O)cc1. The lowest BCUT2D eigenvalue weighted by atomic mass is 9.80. The van der Waals surface area contributed by atoms with Gasteiger partial charge in [-0.3, -0.25) is 4.79 Å². The quantitative estimate of drug-likeness (QED) is 0.698. The third kappa shape index (κ3) is 4.08. The second-order valence-electron chi connectivity index (χ2n) is 5.21. The summed E-state index contributed by atoms with van der Waals surface area (Å²) in [7, 11) is -1.49. The lowest BCUT2D eigenvalue weighted by molar-refractivity contribution is 0.0943. The van der Waals surface area contributed by atoms with Crippen molar-refractivity contribution >= 4 is 18.5 Å². The molecule has 1 amide bonds. The van der Waals surface area contributed by atoms with Crippen LogP contribution < -0.4 is 10.8 Å². The predicted octanol–water partition coefficient (Wildman–Crippen LogP) is 0.676. The maximum absolute atomic E-state index is 11.9. The molecule has 0 heterocycles. The van der Waals surface area contributed by atoms with Crippen LogP contribution in [0, 0.1) is 5.92 Å². The van der Waals surface area contributed by atoms with Crippen LogP contribution in [0.5, 0.6) is 0 Å². The Morgan fingerprint density at radius 3 is 2.37 bits per heavy atom. The van der Waals surface area contributed by atoms with Gasteiger partial charge in [0.1, 0.15) is 0 Å². The molecule has 5 heteroatoms. The van der Waals surface area contributed by atoms with E-state index in [1.54, 1.807) is 24.3 Å². The molecular formula is C14H20BNO3. The van der Waals surface area contributed by atoms with E-state index in [1.165, 1.54) is 32.1 Å². The molecule has 0 radical (unpaired) electrons. The molecule has 102 valence electrons. The van der Waals surface area contributed by atoms with Gasteiger partial charge in [-0.05, 0) is 36.4 Å². The monoisotopic (exact) mass is 261 g/mol. The lowest BCUT2D eigenvalue weighted by Crippen LogP contribution is -2.32. The van der Waals surface area contributed by atoms with E-state index >= 15 is 0 Å². The van der Waals surface area contributed by atoms with Crippen LogP contribution in [0.2, 0.25) is 0 Å². The summed E-state index contributed by atoms with van der Waals surface area (Å²) in [6.07, 6.45) is 6.26. The van der Waals surface area contributed by atoms with Gasteiger partial charge in [0, 0.05) is 12.1 Å². The summed E-state index contributed by atoms with van der Waals surface area (Å²) in [6.45, 7) is 0.739. The first kappa shape index (κ1) is 14.1.